The molecule has 1 aliphatic rings. The monoisotopic (exact) mass is 259 g/mol. The van der Waals surface area contributed by atoms with E-state index in [1.54, 1.807) is 0 Å². The van der Waals surface area contributed by atoms with Crippen LogP contribution in [0.1, 0.15) is 50.2 Å². The fraction of sp³-hybridized carbons (Fsp3) is 0.588. The van der Waals surface area contributed by atoms with E-state index in [2.05, 4.69) is 43.0 Å². The number of benzene rings is 1. The number of ketones is 1. The molecule has 0 saturated carbocycles. The lowest BCUT2D eigenvalue weighted by molar-refractivity contribution is -0.121. The lowest BCUT2D eigenvalue weighted by atomic mass is 10.00. The van der Waals surface area contributed by atoms with Crippen LogP contribution in [0.4, 0.5) is 0 Å². The highest BCUT2D eigenvalue weighted by Crippen LogP contribution is 2.15. The van der Waals surface area contributed by atoms with Gasteiger partial charge in [-0.3, -0.25) is 4.79 Å². The lowest BCUT2D eigenvalue weighted by Crippen LogP contribution is -2.34. The van der Waals surface area contributed by atoms with Gasteiger partial charge in [0, 0.05) is 25.9 Å². The zero-order chi connectivity index (χ0) is 13.7. The smallest absolute Gasteiger partial charge is 0.135 e. The fourth-order valence-electron chi connectivity index (χ4n) is 2.60. The molecule has 104 valence electrons. The molecule has 1 heterocycles. The van der Waals surface area contributed by atoms with Gasteiger partial charge in [-0.1, -0.05) is 38.1 Å². The number of Topliss-reactive ketones (excluding diaryl/α,β-unsaturated/α-hetero) is 1. The lowest BCUT2D eigenvalue weighted by Gasteiger charge is -2.25. The Morgan fingerprint density at radius 2 is 1.74 bits per heavy atom. The average molecular weight is 259 g/mol. The zero-order valence-corrected chi connectivity index (χ0v) is 12.2. The Bertz CT molecular complexity index is 398. The summed E-state index contributed by atoms with van der Waals surface area (Å²) in [5.41, 5.74) is 2.84. The van der Waals surface area contributed by atoms with Crippen LogP contribution in [-0.2, 0) is 11.2 Å². The van der Waals surface area contributed by atoms with E-state index in [0.29, 0.717) is 11.7 Å². The standard InChI is InChI=1S/C17H25NO/c1-14(2)16-7-5-15(6-8-16)4-3-11-18-12-9-17(19)10-13-18/h5-8,14H,3-4,9-13H2,1-2H3. The van der Waals surface area contributed by atoms with E-state index >= 15 is 0 Å². The first-order valence-corrected chi connectivity index (χ1v) is 7.48. The highest BCUT2D eigenvalue weighted by molar-refractivity contribution is 5.79. The van der Waals surface area contributed by atoms with E-state index in [1.807, 2.05) is 0 Å². The maximum absolute atomic E-state index is 11.2. The van der Waals surface area contributed by atoms with Gasteiger partial charge < -0.3 is 4.90 Å². The molecule has 1 aromatic carbocycles. The molecule has 0 spiro atoms. The van der Waals surface area contributed by atoms with Gasteiger partial charge in [-0.2, -0.15) is 0 Å². The maximum atomic E-state index is 11.2. The van der Waals surface area contributed by atoms with Gasteiger partial charge in [0.15, 0.2) is 0 Å². The second-order valence-electron chi connectivity index (χ2n) is 5.88. The van der Waals surface area contributed by atoms with E-state index in [-0.39, 0.29) is 0 Å². The van der Waals surface area contributed by atoms with Crippen molar-refractivity contribution in [3.63, 3.8) is 0 Å². The van der Waals surface area contributed by atoms with E-state index in [0.717, 1.165) is 38.9 Å². The summed E-state index contributed by atoms with van der Waals surface area (Å²) >= 11 is 0. The van der Waals surface area contributed by atoms with Gasteiger partial charge in [-0.05, 0) is 36.4 Å². The van der Waals surface area contributed by atoms with Crippen LogP contribution in [0.25, 0.3) is 0 Å². The van der Waals surface area contributed by atoms with Gasteiger partial charge in [0.25, 0.3) is 0 Å². The third kappa shape index (κ3) is 4.46. The van der Waals surface area contributed by atoms with Crippen LogP contribution < -0.4 is 0 Å². The number of hydrogen-bond donors (Lipinski definition) is 0. The predicted molar refractivity (Wildman–Crippen MR) is 79.5 cm³/mol. The molecule has 2 rings (SSSR count). The molecule has 1 saturated heterocycles. The van der Waals surface area contributed by atoms with Crippen molar-refractivity contribution in [1.29, 1.82) is 0 Å². The maximum Gasteiger partial charge on any atom is 0.135 e. The minimum absolute atomic E-state index is 0.431. The summed E-state index contributed by atoms with van der Waals surface area (Å²) in [4.78, 5) is 13.6. The fourth-order valence-corrected chi connectivity index (χ4v) is 2.60. The number of piperidine rings is 1. The van der Waals surface area contributed by atoms with E-state index in [1.165, 1.54) is 17.5 Å². The highest BCUT2D eigenvalue weighted by atomic mass is 16.1. The predicted octanol–water partition coefficient (Wildman–Crippen LogP) is 3.41. The molecule has 0 aliphatic carbocycles. The molecule has 0 radical (unpaired) electrons. The van der Waals surface area contributed by atoms with Crippen molar-refractivity contribution in [1.82, 2.24) is 4.90 Å². The van der Waals surface area contributed by atoms with Crippen LogP contribution in [0.5, 0.6) is 0 Å². The van der Waals surface area contributed by atoms with E-state index in [9.17, 15) is 4.79 Å². The first-order valence-electron chi connectivity index (χ1n) is 7.48. The summed E-state index contributed by atoms with van der Waals surface area (Å²) in [6.45, 7) is 7.51. The molecule has 1 fully saturated rings. The van der Waals surface area contributed by atoms with Crippen molar-refractivity contribution in [2.75, 3.05) is 19.6 Å². The van der Waals surface area contributed by atoms with Gasteiger partial charge in [-0.15, -0.1) is 0 Å². The summed E-state index contributed by atoms with van der Waals surface area (Å²) < 4.78 is 0. The van der Waals surface area contributed by atoms with Crippen LogP contribution in [0.3, 0.4) is 0 Å². The molecule has 2 nitrogen and oxygen atoms in total. The zero-order valence-electron chi connectivity index (χ0n) is 12.2. The Hall–Kier alpha value is -1.15. The Labute approximate surface area is 116 Å². The van der Waals surface area contributed by atoms with Gasteiger partial charge in [0.05, 0.1) is 0 Å². The number of likely N-dealkylation sites (tertiary alicyclic amines) is 1. The van der Waals surface area contributed by atoms with Crippen LogP contribution in [-0.4, -0.2) is 30.3 Å². The Kier molecular flexibility index (Phi) is 5.15. The average Bonchev–Trinajstić information content (AvgIpc) is 2.41. The van der Waals surface area contributed by atoms with Crippen molar-refractivity contribution >= 4 is 5.78 Å². The molecule has 0 atom stereocenters. The second-order valence-corrected chi connectivity index (χ2v) is 5.88. The number of hydrogen-bond acceptors (Lipinski definition) is 2. The normalized spacial score (nSPS) is 17.1. The number of nitrogens with zero attached hydrogens (tertiary/aromatic N) is 1. The molecule has 0 aromatic heterocycles. The van der Waals surface area contributed by atoms with Crippen molar-refractivity contribution in [3.05, 3.63) is 35.4 Å². The number of carbonyl (C=O) groups is 1. The molecule has 1 aromatic rings. The largest absolute Gasteiger partial charge is 0.302 e. The molecule has 2 heteroatoms. The SMILES string of the molecule is CC(C)c1ccc(CCCN2CCC(=O)CC2)cc1. The number of rotatable bonds is 5. The van der Waals surface area contributed by atoms with Crippen LogP contribution in [0.2, 0.25) is 0 Å². The molecule has 0 N–H and O–H groups in total. The number of carbonyl (C=O) groups excluding carboxylic acids is 1. The van der Waals surface area contributed by atoms with Gasteiger partial charge >= 0.3 is 0 Å². The van der Waals surface area contributed by atoms with Crippen LogP contribution >= 0.6 is 0 Å². The molecule has 0 unspecified atom stereocenters. The van der Waals surface area contributed by atoms with E-state index in [4.69, 9.17) is 0 Å². The molecule has 0 bridgehead atoms. The first kappa shape index (κ1) is 14.3. The van der Waals surface area contributed by atoms with E-state index < -0.39 is 0 Å². The first-order chi connectivity index (χ1) is 9.15. The summed E-state index contributed by atoms with van der Waals surface area (Å²) in [6, 6.07) is 9.02. The molecule has 19 heavy (non-hydrogen) atoms. The third-order valence-electron chi connectivity index (χ3n) is 4.00. The van der Waals surface area contributed by atoms with Gasteiger partial charge in [0.1, 0.15) is 5.78 Å². The van der Waals surface area contributed by atoms with Crippen molar-refractivity contribution < 1.29 is 4.79 Å². The van der Waals surface area contributed by atoms with Gasteiger partial charge in [-0.25, -0.2) is 0 Å². The summed E-state index contributed by atoms with van der Waals surface area (Å²) in [6.07, 6.45) is 3.84. The molecular weight excluding hydrogens is 234 g/mol. The Balaban J connectivity index is 1.72. The molecular formula is C17H25NO. The Morgan fingerprint density at radius 1 is 1.11 bits per heavy atom. The Morgan fingerprint density at radius 3 is 2.32 bits per heavy atom. The summed E-state index contributed by atoms with van der Waals surface area (Å²) in [7, 11) is 0. The topological polar surface area (TPSA) is 20.3 Å². The van der Waals surface area contributed by atoms with Gasteiger partial charge in [0.2, 0.25) is 0 Å². The van der Waals surface area contributed by atoms with Crippen molar-refractivity contribution in [3.8, 4) is 0 Å². The third-order valence-corrected chi connectivity index (χ3v) is 4.00. The minimum Gasteiger partial charge on any atom is -0.302 e. The quantitative estimate of drug-likeness (QED) is 0.807. The van der Waals surface area contributed by atoms with Crippen LogP contribution in [0.15, 0.2) is 24.3 Å². The second kappa shape index (κ2) is 6.85. The van der Waals surface area contributed by atoms with Crippen LogP contribution in [0, 0.1) is 0 Å². The molecule has 0 amide bonds. The highest BCUT2D eigenvalue weighted by Gasteiger charge is 2.15. The van der Waals surface area contributed by atoms with Crippen molar-refractivity contribution in [2.24, 2.45) is 0 Å². The minimum atomic E-state index is 0.431. The summed E-state index contributed by atoms with van der Waals surface area (Å²) in [5, 5.41) is 0. The number of aryl methyl sites for hydroxylation is 1. The van der Waals surface area contributed by atoms with Crippen molar-refractivity contribution in [2.45, 2.75) is 45.4 Å². The summed E-state index contributed by atoms with van der Waals surface area (Å²) in [5.74, 6) is 1.04. The molecule has 1 aliphatic heterocycles.